The summed E-state index contributed by atoms with van der Waals surface area (Å²) in [5, 5.41) is 0. The van der Waals surface area contributed by atoms with Crippen molar-refractivity contribution in [3.8, 4) is 0 Å². The van der Waals surface area contributed by atoms with Gasteiger partial charge in [-0.3, -0.25) is 4.99 Å². The van der Waals surface area contributed by atoms with Crippen molar-refractivity contribution in [2.24, 2.45) is 10.7 Å². The molecule has 2 radical (unpaired) electrons. The summed E-state index contributed by atoms with van der Waals surface area (Å²) in [5.41, 5.74) is 8.65. The maximum Gasteiger partial charge on any atom is 0.114 e. The van der Waals surface area contributed by atoms with Gasteiger partial charge in [0.25, 0.3) is 0 Å². The van der Waals surface area contributed by atoms with E-state index >= 15 is 0 Å². The monoisotopic (exact) mass is 174 g/mol. The molecule has 0 saturated heterocycles. The summed E-state index contributed by atoms with van der Waals surface area (Å²) in [5.74, 6) is 0. The molecule has 0 heterocycles. The summed E-state index contributed by atoms with van der Waals surface area (Å²) in [4.78, 5) is 4.11. The molecule has 0 aromatic rings. The van der Waals surface area contributed by atoms with E-state index < -0.39 is 0 Å². The molecule has 13 heavy (non-hydrogen) atoms. The molecule has 0 rings (SSSR count). The van der Waals surface area contributed by atoms with Gasteiger partial charge in [0.2, 0.25) is 0 Å². The summed E-state index contributed by atoms with van der Waals surface area (Å²) in [6.45, 7) is 7.38. The summed E-state index contributed by atoms with van der Waals surface area (Å²) in [6.07, 6.45) is 3.12. The quantitative estimate of drug-likeness (QED) is 0.393. The fourth-order valence-corrected chi connectivity index (χ4v) is 1.01. The Bertz CT molecular complexity index is 285. The van der Waals surface area contributed by atoms with E-state index in [1.54, 1.807) is 13.1 Å². The van der Waals surface area contributed by atoms with Crippen molar-refractivity contribution in [1.29, 1.82) is 0 Å². The standard InChI is InChI=1S/C10H15BN2/c1-5-9(11)8(3)10(13-4)7(2)6-12/h5-6H,1,12H2,2-4H3/b7-6-,9-8+,13-10?. The Morgan fingerprint density at radius 2 is 2.00 bits per heavy atom. The third-order valence-electron chi connectivity index (χ3n) is 1.86. The largest absolute Gasteiger partial charge is 0.404 e. The van der Waals surface area contributed by atoms with E-state index in [-0.39, 0.29) is 0 Å². The highest BCUT2D eigenvalue weighted by Gasteiger charge is 2.04. The predicted molar refractivity (Wildman–Crippen MR) is 60.0 cm³/mol. The molecule has 3 heteroatoms. The Hall–Kier alpha value is -1.25. The Balaban J connectivity index is 5.16. The van der Waals surface area contributed by atoms with Crippen LogP contribution in [0.4, 0.5) is 0 Å². The van der Waals surface area contributed by atoms with Gasteiger partial charge in [-0.1, -0.05) is 18.1 Å². The molecule has 0 spiro atoms. The minimum atomic E-state index is 0.627. The second-order valence-electron chi connectivity index (χ2n) is 2.71. The molecule has 0 aliphatic rings. The molecule has 0 fully saturated rings. The average Bonchev–Trinajstić information content (AvgIpc) is 2.17. The highest BCUT2D eigenvalue weighted by Crippen LogP contribution is 2.10. The summed E-state index contributed by atoms with van der Waals surface area (Å²) in [6, 6.07) is 0. The van der Waals surface area contributed by atoms with Crippen LogP contribution < -0.4 is 5.73 Å². The zero-order valence-electron chi connectivity index (χ0n) is 8.46. The van der Waals surface area contributed by atoms with Gasteiger partial charge in [-0.2, -0.15) is 0 Å². The van der Waals surface area contributed by atoms with E-state index in [9.17, 15) is 0 Å². The van der Waals surface area contributed by atoms with E-state index in [0.29, 0.717) is 5.47 Å². The topological polar surface area (TPSA) is 38.4 Å². The number of hydrogen-bond donors (Lipinski definition) is 1. The molecule has 0 aliphatic heterocycles. The molecule has 0 unspecified atom stereocenters. The molecule has 0 aromatic carbocycles. The fraction of sp³-hybridized carbons (Fsp3) is 0.300. The van der Waals surface area contributed by atoms with Crippen molar-refractivity contribution in [2.75, 3.05) is 7.05 Å². The maximum atomic E-state index is 5.70. The minimum absolute atomic E-state index is 0.627. The van der Waals surface area contributed by atoms with Crippen LogP contribution >= 0.6 is 0 Å². The first-order chi connectivity index (χ1) is 6.08. The van der Waals surface area contributed by atoms with Crippen LogP contribution in [-0.2, 0) is 0 Å². The van der Waals surface area contributed by atoms with E-state index in [0.717, 1.165) is 16.9 Å². The van der Waals surface area contributed by atoms with Crippen molar-refractivity contribution >= 4 is 13.6 Å². The van der Waals surface area contributed by atoms with Crippen LogP contribution in [0.15, 0.2) is 40.5 Å². The van der Waals surface area contributed by atoms with Crippen molar-refractivity contribution in [3.05, 3.63) is 35.5 Å². The lowest BCUT2D eigenvalue weighted by molar-refractivity contribution is 1.35. The van der Waals surface area contributed by atoms with Gasteiger partial charge in [-0.15, -0.1) is 0 Å². The molecule has 68 valence electrons. The number of nitrogens with two attached hydrogens (primary N) is 1. The molecular formula is C10H15BN2. The third kappa shape index (κ3) is 2.94. The molecule has 2 nitrogen and oxygen atoms in total. The normalized spacial score (nSPS) is 15.3. The number of hydrogen-bond acceptors (Lipinski definition) is 2. The van der Waals surface area contributed by atoms with Crippen molar-refractivity contribution in [2.45, 2.75) is 13.8 Å². The molecule has 0 atom stereocenters. The van der Waals surface area contributed by atoms with E-state index in [2.05, 4.69) is 11.6 Å². The summed E-state index contributed by atoms with van der Waals surface area (Å²) in [7, 11) is 7.41. The first kappa shape index (κ1) is 11.8. The highest BCUT2D eigenvalue weighted by atomic mass is 14.7. The van der Waals surface area contributed by atoms with Gasteiger partial charge in [-0.05, 0) is 31.2 Å². The first-order valence-corrected chi connectivity index (χ1v) is 4.03. The lowest BCUT2D eigenvalue weighted by Crippen LogP contribution is -2.06. The van der Waals surface area contributed by atoms with Gasteiger partial charge < -0.3 is 5.73 Å². The van der Waals surface area contributed by atoms with Gasteiger partial charge in [0, 0.05) is 7.05 Å². The zero-order chi connectivity index (χ0) is 10.4. The molecule has 0 amide bonds. The molecule has 0 saturated carbocycles. The maximum absolute atomic E-state index is 5.70. The Kier molecular flexibility index (Phi) is 4.89. The van der Waals surface area contributed by atoms with Gasteiger partial charge in [0.05, 0.1) is 5.71 Å². The SMILES string of the molecule is [B]/C(C=C)=C(\C)C(=NC)/C(C)=C\N. The Morgan fingerprint density at radius 1 is 1.46 bits per heavy atom. The van der Waals surface area contributed by atoms with E-state index in [1.807, 2.05) is 13.8 Å². The highest BCUT2D eigenvalue weighted by molar-refractivity contribution is 6.28. The van der Waals surface area contributed by atoms with E-state index in [1.165, 1.54) is 6.20 Å². The molecule has 0 bridgehead atoms. The molecule has 0 aromatic heterocycles. The predicted octanol–water partition coefficient (Wildman–Crippen LogP) is 1.55. The smallest absolute Gasteiger partial charge is 0.114 e. The molecule has 0 aliphatic carbocycles. The molecule has 2 N–H and O–H groups in total. The minimum Gasteiger partial charge on any atom is -0.404 e. The number of rotatable bonds is 3. The van der Waals surface area contributed by atoms with Crippen LogP contribution in [-0.4, -0.2) is 20.6 Å². The van der Waals surface area contributed by atoms with Crippen LogP contribution in [0, 0.1) is 0 Å². The lowest BCUT2D eigenvalue weighted by atomic mass is 9.87. The second kappa shape index (κ2) is 5.41. The first-order valence-electron chi connectivity index (χ1n) is 4.03. The van der Waals surface area contributed by atoms with Crippen LogP contribution in [0.3, 0.4) is 0 Å². The average molecular weight is 174 g/mol. The second-order valence-corrected chi connectivity index (χ2v) is 2.71. The number of nitrogens with zero attached hydrogens (tertiary/aromatic N) is 1. The van der Waals surface area contributed by atoms with Crippen LogP contribution in [0.2, 0.25) is 0 Å². The summed E-state index contributed by atoms with van der Waals surface area (Å²) < 4.78 is 0. The number of allylic oxidation sites excluding steroid dienone is 4. The van der Waals surface area contributed by atoms with Gasteiger partial charge in [-0.25, -0.2) is 0 Å². The molecular weight excluding hydrogens is 159 g/mol. The zero-order valence-corrected chi connectivity index (χ0v) is 8.46. The Morgan fingerprint density at radius 3 is 2.31 bits per heavy atom. The van der Waals surface area contributed by atoms with Gasteiger partial charge in [0.15, 0.2) is 0 Å². The number of aliphatic imine (C=N–C) groups is 1. The van der Waals surface area contributed by atoms with Crippen LogP contribution in [0.1, 0.15) is 13.8 Å². The summed E-state index contributed by atoms with van der Waals surface area (Å²) >= 11 is 0. The fourth-order valence-electron chi connectivity index (χ4n) is 1.01. The van der Waals surface area contributed by atoms with E-state index in [4.69, 9.17) is 13.6 Å². The van der Waals surface area contributed by atoms with Crippen LogP contribution in [0.5, 0.6) is 0 Å². The van der Waals surface area contributed by atoms with Gasteiger partial charge >= 0.3 is 0 Å². The Labute approximate surface area is 81.3 Å². The van der Waals surface area contributed by atoms with Crippen molar-refractivity contribution < 1.29 is 0 Å². The van der Waals surface area contributed by atoms with Crippen molar-refractivity contribution in [3.63, 3.8) is 0 Å². The lowest BCUT2D eigenvalue weighted by Gasteiger charge is -2.08. The van der Waals surface area contributed by atoms with Crippen LogP contribution in [0.25, 0.3) is 0 Å². The van der Waals surface area contributed by atoms with Crippen molar-refractivity contribution in [1.82, 2.24) is 0 Å². The third-order valence-corrected chi connectivity index (χ3v) is 1.86. The van der Waals surface area contributed by atoms with Gasteiger partial charge in [0.1, 0.15) is 7.85 Å².